The molecule has 2 aliphatic rings. The Labute approximate surface area is 176 Å². The van der Waals surface area contributed by atoms with Gasteiger partial charge in [-0.25, -0.2) is 4.98 Å². The minimum Gasteiger partial charge on any atom is -0.481 e. The lowest BCUT2D eigenvalue weighted by molar-refractivity contribution is 0.222. The van der Waals surface area contributed by atoms with Gasteiger partial charge in [0.05, 0.1) is 11.4 Å². The lowest BCUT2D eigenvalue weighted by Gasteiger charge is -2.20. The van der Waals surface area contributed by atoms with E-state index in [0.717, 1.165) is 36.6 Å². The molecule has 7 nitrogen and oxygen atoms in total. The van der Waals surface area contributed by atoms with Crippen molar-refractivity contribution < 1.29 is 4.74 Å². The van der Waals surface area contributed by atoms with Crippen molar-refractivity contribution >= 4 is 18.2 Å². The standard InChI is InChI=1S/C21H24N6O.ClH/c1-14(16-4-2-3-7-24-16)28-18-10-15(12-25-20(18)22)17-11-19-21(5-8-23-13-21)6-9-27(19)26-17;/h2-4,7,10-12,14,23H,5-6,8-9,13H2,1H3,(H2,22,25);1H. The maximum Gasteiger partial charge on any atom is 0.166 e. The molecule has 8 heteroatoms. The van der Waals surface area contributed by atoms with Gasteiger partial charge in [-0.2, -0.15) is 5.10 Å². The fourth-order valence-electron chi connectivity index (χ4n) is 4.34. The topological polar surface area (TPSA) is 90.9 Å². The average Bonchev–Trinajstić information content (AvgIpc) is 3.43. The Morgan fingerprint density at radius 2 is 2.14 bits per heavy atom. The van der Waals surface area contributed by atoms with E-state index in [0.29, 0.717) is 11.6 Å². The molecule has 3 aromatic heterocycles. The Bertz CT molecular complexity index is 1000. The SMILES string of the molecule is CC(Oc1cc(-c2cc3n(n2)CCC32CCNC2)cnc1N)c1ccccn1.Cl. The highest BCUT2D eigenvalue weighted by Gasteiger charge is 2.42. The summed E-state index contributed by atoms with van der Waals surface area (Å²) in [5, 5.41) is 8.33. The van der Waals surface area contributed by atoms with Crippen molar-refractivity contribution in [3.05, 3.63) is 54.1 Å². The molecule has 3 N–H and O–H groups in total. The maximum atomic E-state index is 6.07. The van der Waals surface area contributed by atoms with E-state index in [1.165, 1.54) is 18.5 Å². The number of nitrogen functional groups attached to an aromatic ring is 1. The molecule has 2 aliphatic heterocycles. The van der Waals surface area contributed by atoms with Gasteiger partial charge in [0.2, 0.25) is 0 Å². The number of aromatic nitrogens is 4. The third-order valence-corrected chi connectivity index (χ3v) is 5.95. The van der Waals surface area contributed by atoms with E-state index >= 15 is 0 Å². The minimum atomic E-state index is -0.222. The molecule has 0 aromatic carbocycles. The molecule has 29 heavy (non-hydrogen) atoms. The summed E-state index contributed by atoms with van der Waals surface area (Å²) >= 11 is 0. The van der Waals surface area contributed by atoms with Crippen molar-refractivity contribution in [1.82, 2.24) is 25.1 Å². The van der Waals surface area contributed by atoms with Gasteiger partial charge in [0, 0.05) is 42.2 Å². The highest BCUT2D eigenvalue weighted by molar-refractivity contribution is 5.85. The molecule has 5 heterocycles. The number of aryl methyl sites for hydroxylation is 1. The van der Waals surface area contributed by atoms with E-state index < -0.39 is 0 Å². The zero-order valence-corrected chi connectivity index (χ0v) is 17.2. The molecule has 1 fully saturated rings. The van der Waals surface area contributed by atoms with Crippen molar-refractivity contribution in [1.29, 1.82) is 0 Å². The van der Waals surface area contributed by atoms with E-state index in [1.54, 1.807) is 12.4 Å². The van der Waals surface area contributed by atoms with Crippen molar-refractivity contribution in [3.63, 3.8) is 0 Å². The molecule has 1 saturated heterocycles. The van der Waals surface area contributed by atoms with Crippen LogP contribution in [0.2, 0.25) is 0 Å². The van der Waals surface area contributed by atoms with Gasteiger partial charge in [-0.05, 0) is 50.6 Å². The van der Waals surface area contributed by atoms with E-state index in [1.807, 2.05) is 31.2 Å². The Balaban J connectivity index is 0.00000205. The van der Waals surface area contributed by atoms with Gasteiger partial charge in [0.15, 0.2) is 11.6 Å². The van der Waals surface area contributed by atoms with E-state index in [-0.39, 0.29) is 23.9 Å². The number of halogens is 1. The maximum absolute atomic E-state index is 6.07. The second kappa shape index (κ2) is 7.65. The van der Waals surface area contributed by atoms with Crippen LogP contribution in [0.3, 0.4) is 0 Å². The molecule has 0 aliphatic carbocycles. The van der Waals surface area contributed by atoms with Gasteiger partial charge < -0.3 is 15.8 Å². The summed E-state index contributed by atoms with van der Waals surface area (Å²) < 4.78 is 8.22. The molecule has 3 aromatic rings. The first-order chi connectivity index (χ1) is 13.6. The van der Waals surface area contributed by atoms with Gasteiger partial charge in [-0.3, -0.25) is 9.67 Å². The molecule has 152 valence electrons. The molecule has 0 radical (unpaired) electrons. The largest absolute Gasteiger partial charge is 0.481 e. The lowest BCUT2D eigenvalue weighted by Crippen LogP contribution is -2.25. The third kappa shape index (κ3) is 3.45. The van der Waals surface area contributed by atoms with Crippen LogP contribution in [0.1, 0.15) is 37.3 Å². The lowest BCUT2D eigenvalue weighted by atomic mass is 9.82. The van der Waals surface area contributed by atoms with Gasteiger partial charge in [0.1, 0.15) is 6.10 Å². The van der Waals surface area contributed by atoms with Crippen LogP contribution in [0.25, 0.3) is 11.3 Å². The number of pyridine rings is 2. The number of nitrogens with one attached hydrogen (secondary N) is 1. The summed E-state index contributed by atoms with van der Waals surface area (Å²) in [6, 6.07) is 9.91. The summed E-state index contributed by atoms with van der Waals surface area (Å²) in [7, 11) is 0. The number of rotatable bonds is 4. The molecule has 2 unspecified atom stereocenters. The Kier molecular flexibility index (Phi) is 5.19. The Morgan fingerprint density at radius 1 is 1.24 bits per heavy atom. The van der Waals surface area contributed by atoms with Gasteiger partial charge >= 0.3 is 0 Å². The molecule has 0 bridgehead atoms. The molecule has 1 spiro atoms. The molecule has 0 saturated carbocycles. The average molecular weight is 413 g/mol. The second-order valence-corrected chi connectivity index (χ2v) is 7.72. The highest BCUT2D eigenvalue weighted by atomic mass is 35.5. The molecule has 5 rings (SSSR count). The smallest absolute Gasteiger partial charge is 0.166 e. The van der Waals surface area contributed by atoms with Crippen LogP contribution in [0.5, 0.6) is 5.75 Å². The predicted molar refractivity (Wildman–Crippen MR) is 114 cm³/mol. The second-order valence-electron chi connectivity index (χ2n) is 7.72. The minimum absolute atomic E-state index is 0. The number of nitrogens with zero attached hydrogens (tertiary/aromatic N) is 4. The fourth-order valence-corrected chi connectivity index (χ4v) is 4.34. The highest BCUT2D eigenvalue weighted by Crippen LogP contribution is 2.41. The summed E-state index contributed by atoms with van der Waals surface area (Å²) in [6.07, 6.45) is 5.64. The number of ether oxygens (including phenoxy) is 1. The van der Waals surface area contributed by atoms with Crippen LogP contribution in [0, 0.1) is 0 Å². The van der Waals surface area contributed by atoms with Crippen LogP contribution in [0.4, 0.5) is 5.82 Å². The first-order valence-corrected chi connectivity index (χ1v) is 9.77. The van der Waals surface area contributed by atoms with Gasteiger partial charge in [-0.15, -0.1) is 12.4 Å². The molecular formula is C21H25ClN6O. The monoisotopic (exact) mass is 412 g/mol. The summed E-state index contributed by atoms with van der Waals surface area (Å²) in [4.78, 5) is 8.70. The quantitative estimate of drug-likeness (QED) is 0.684. The number of hydrogen-bond donors (Lipinski definition) is 2. The Hall–Kier alpha value is -2.64. The van der Waals surface area contributed by atoms with Crippen LogP contribution in [-0.4, -0.2) is 32.8 Å². The summed E-state index contributed by atoms with van der Waals surface area (Å²) in [5.41, 5.74) is 10.3. The van der Waals surface area contributed by atoms with Crippen molar-refractivity contribution in [2.45, 2.75) is 37.8 Å². The molecular weight excluding hydrogens is 388 g/mol. The third-order valence-electron chi connectivity index (χ3n) is 5.95. The van der Waals surface area contributed by atoms with Crippen molar-refractivity contribution in [3.8, 4) is 17.0 Å². The van der Waals surface area contributed by atoms with Crippen LogP contribution in [-0.2, 0) is 12.0 Å². The predicted octanol–water partition coefficient (Wildman–Crippen LogP) is 3.12. The molecule has 0 amide bonds. The van der Waals surface area contributed by atoms with E-state index in [4.69, 9.17) is 15.6 Å². The summed E-state index contributed by atoms with van der Waals surface area (Å²) in [6.45, 7) is 5.04. The fraction of sp³-hybridized carbons (Fsp3) is 0.381. The zero-order valence-electron chi connectivity index (χ0n) is 16.3. The zero-order chi connectivity index (χ0) is 19.1. The first kappa shape index (κ1) is 19.7. The van der Waals surface area contributed by atoms with Gasteiger partial charge in [0.25, 0.3) is 0 Å². The van der Waals surface area contributed by atoms with Crippen LogP contribution in [0.15, 0.2) is 42.7 Å². The number of anilines is 1. The first-order valence-electron chi connectivity index (χ1n) is 9.77. The number of hydrogen-bond acceptors (Lipinski definition) is 6. The van der Waals surface area contributed by atoms with Crippen LogP contribution < -0.4 is 15.8 Å². The van der Waals surface area contributed by atoms with Gasteiger partial charge in [-0.1, -0.05) is 6.07 Å². The molecule has 2 atom stereocenters. The van der Waals surface area contributed by atoms with E-state index in [9.17, 15) is 0 Å². The summed E-state index contributed by atoms with van der Waals surface area (Å²) in [5.74, 6) is 0.927. The normalized spacial score (nSPS) is 21.0. The van der Waals surface area contributed by atoms with Crippen molar-refractivity contribution in [2.24, 2.45) is 0 Å². The van der Waals surface area contributed by atoms with Crippen molar-refractivity contribution in [2.75, 3.05) is 18.8 Å². The Morgan fingerprint density at radius 3 is 2.90 bits per heavy atom. The number of nitrogens with two attached hydrogens (primary N) is 1. The van der Waals surface area contributed by atoms with Crippen LogP contribution >= 0.6 is 12.4 Å². The number of fused-ring (bicyclic) bond motifs is 2. The van der Waals surface area contributed by atoms with E-state index in [2.05, 4.69) is 26.0 Å².